The van der Waals surface area contributed by atoms with Crippen molar-refractivity contribution in [2.45, 2.75) is 19.6 Å². The standard InChI is InChI=1S/C25H24F5N3O3/c1-16(34)31-13-20-15-33(25(35)36-20)19-6-7-21(22(26)12-19)18-4-2-17(3-5-18)14-32(10-8-23(27)28)11-9-24(29)30/h2-9,12,20H,10-11,13-15H2,1H3,(H,31,34)/t20-/m0/s1. The third kappa shape index (κ3) is 7.64. The third-order valence-electron chi connectivity index (χ3n) is 5.40. The minimum absolute atomic E-state index is 0.131. The first kappa shape index (κ1) is 26.9. The molecule has 2 aromatic rings. The van der Waals surface area contributed by atoms with Crippen LogP contribution in [0, 0.1) is 5.82 Å². The van der Waals surface area contributed by atoms with Crippen LogP contribution in [-0.2, 0) is 16.1 Å². The molecule has 3 rings (SSSR count). The molecule has 1 N–H and O–H groups in total. The molecule has 0 bridgehead atoms. The van der Waals surface area contributed by atoms with E-state index in [0.29, 0.717) is 29.0 Å². The first-order valence-electron chi connectivity index (χ1n) is 11.0. The van der Waals surface area contributed by atoms with Crippen LogP contribution >= 0.6 is 0 Å². The van der Waals surface area contributed by atoms with Crippen LogP contribution in [0.25, 0.3) is 11.1 Å². The quantitative estimate of drug-likeness (QED) is 0.441. The molecular weight excluding hydrogens is 485 g/mol. The summed E-state index contributed by atoms with van der Waals surface area (Å²) in [5.41, 5.74) is 1.78. The molecule has 1 atom stereocenters. The number of nitrogens with zero attached hydrogens (tertiary/aromatic N) is 2. The van der Waals surface area contributed by atoms with Gasteiger partial charge in [0, 0.05) is 32.1 Å². The monoisotopic (exact) mass is 509 g/mol. The maximum absolute atomic E-state index is 14.9. The van der Waals surface area contributed by atoms with Crippen molar-refractivity contribution >= 4 is 17.7 Å². The van der Waals surface area contributed by atoms with Gasteiger partial charge in [-0.3, -0.25) is 14.6 Å². The van der Waals surface area contributed by atoms with Crippen molar-refractivity contribution in [2.24, 2.45) is 0 Å². The molecule has 0 saturated carbocycles. The van der Waals surface area contributed by atoms with Crippen LogP contribution in [0.15, 0.2) is 66.8 Å². The van der Waals surface area contributed by atoms with Crippen molar-refractivity contribution in [2.75, 3.05) is 31.1 Å². The fourth-order valence-corrected chi connectivity index (χ4v) is 3.65. The summed E-state index contributed by atoms with van der Waals surface area (Å²) in [5, 5.41) is 2.57. The maximum atomic E-state index is 14.9. The number of carbonyl (C=O) groups excluding carboxylic acids is 2. The second-order valence-corrected chi connectivity index (χ2v) is 8.10. The molecule has 36 heavy (non-hydrogen) atoms. The second kappa shape index (κ2) is 12.3. The summed E-state index contributed by atoms with van der Waals surface area (Å²) in [7, 11) is 0. The van der Waals surface area contributed by atoms with E-state index in [9.17, 15) is 31.5 Å². The van der Waals surface area contributed by atoms with E-state index >= 15 is 0 Å². The van der Waals surface area contributed by atoms with Gasteiger partial charge in [0.2, 0.25) is 5.91 Å². The molecule has 2 aromatic carbocycles. The molecule has 1 fully saturated rings. The zero-order valence-corrected chi connectivity index (χ0v) is 19.3. The molecule has 0 unspecified atom stereocenters. The Morgan fingerprint density at radius 1 is 1.08 bits per heavy atom. The fraction of sp³-hybridized carbons (Fsp3) is 0.280. The van der Waals surface area contributed by atoms with E-state index in [2.05, 4.69) is 5.32 Å². The highest BCUT2D eigenvalue weighted by Gasteiger charge is 2.32. The predicted molar refractivity (Wildman–Crippen MR) is 124 cm³/mol. The van der Waals surface area contributed by atoms with Crippen LogP contribution in [0.3, 0.4) is 0 Å². The van der Waals surface area contributed by atoms with Crippen LogP contribution < -0.4 is 10.2 Å². The maximum Gasteiger partial charge on any atom is 0.414 e. The third-order valence-corrected chi connectivity index (χ3v) is 5.40. The summed E-state index contributed by atoms with van der Waals surface area (Å²) in [5.74, 6) is -0.832. The zero-order valence-electron chi connectivity index (χ0n) is 19.3. The van der Waals surface area contributed by atoms with Crippen molar-refractivity contribution in [1.82, 2.24) is 10.2 Å². The van der Waals surface area contributed by atoms with E-state index in [1.54, 1.807) is 30.3 Å². The summed E-state index contributed by atoms with van der Waals surface area (Å²) < 4.78 is 69.9. The number of carbonyl (C=O) groups is 2. The van der Waals surface area contributed by atoms with Crippen LogP contribution in [0.1, 0.15) is 12.5 Å². The van der Waals surface area contributed by atoms with E-state index in [4.69, 9.17) is 4.74 Å². The molecule has 6 nitrogen and oxygen atoms in total. The van der Waals surface area contributed by atoms with Gasteiger partial charge in [-0.25, -0.2) is 9.18 Å². The largest absolute Gasteiger partial charge is 0.442 e. The van der Waals surface area contributed by atoms with E-state index in [1.165, 1.54) is 28.9 Å². The molecule has 0 aromatic heterocycles. The van der Waals surface area contributed by atoms with Gasteiger partial charge in [0.05, 0.1) is 18.8 Å². The molecule has 0 spiro atoms. The second-order valence-electron chi connectivity index (χ2n) is 8.10. The molecule has 1 aliphatic rings. The number of ether oxygens (including phenoxy) is 1. The lowest BCUT2D eigenvalue weighted by atomic mass is 10.0. The van der Waals surface area contributed by atoms with Gasteiger partial charge in [-0.15, -0.1) is 0 Å². The summed E-state index contributed by atoms with van der Waals surface area (Å²) in [4.78, 5) is 25.9. The van der Waals surface area contributed by atoms with E-state index in [-0.39, 0.29) is 44.2 Å². The number of amides is 2. The Kier molecular flexibility index (Phi) is 9.18. The van der Waals surface area contributed by atoms with Crippen molar-refractivity contribution in [3.63, 3.8) is 0 Å². The molecule has 192 valence electrons. The van der Waals surface area contributed by atoms with E-state index in [0.717, 1.165) is 0 Å². The van der Waals surface area contributed by atoms with E-state index in [1.807, 2.05) is 0 Å². The van der Waals surface area contributed by atoms with Gasteiger partial charge in [0.1, 0.15) is 11.9 Å². The fourth-order valence-electron chi connectivity index (χ4n) is 3.65. The molecule has 0 radical (unpaired) electrons. The van der Waals surface area contributed by atoms with Gasteiger partial charge in [0.15, 0.2) is 0 Å². The van der Waals surface area contributed by atoms with E-state index < -0.39 is 30.2 Å². The molecule has 0 aliphatic carbocycles. The van der Waals surface area contributed by atoms with Gasteiger partial charge < -0.3 is 10.1 Å². The lowest BCUT2D eigenvalue weighted by Gasteiger charge is -2.19. The Balaban J connectivity index is 1.69. The Labute approximate surface area is 204 Å². The number of rotatable bonds is 10. The van der Waals surface area contributed by atoms with Gasteiger partial charge in [-0.2, -0.15) is 17.6 Å². The predicted octanol–water partition coefficient (Wildman–Crippen LogP) is 5.32. The van der Waals surface area contributed by atoms with Crippen molar-refractivity contribution < 1.29 is 36.3 Å². The molecule has 11 heteroatoms. The summed E-state index contributed by atoms with van der Waals surface area (Å²) in [6.07, 6.45) is -3.70. The average Bonchev–Trinajstić information content (AvgIpc) is 3.20. The van der Waals surface area contributed by atoms with Crippen LogP contribution in [0.2, 0.25) is 0 Å². The number of benzene rings is 2. The highest BCUT2D eigenvalue weighted by molar-refractivity contribution is 5.90. The SMILES string of the molecule is CC(=O)NC[C@H]1CN(c2ccc(-c3ccc(CN(CC=C(F)F)CC=C(F)F)cc3)c(F)c2)C(=O)O1. The Hall–Kier alpha value is -3.73. The van der Waals surface area contributed by atoms with Gasteiger partial charge in [-0.1, -0.05) is 24.3 Å². The van der Waals surface area contributed by atoms with Crippen LogP contribution in [-0.4, -0.2) is 49.2 Å². The minimum Gasteiger partial charge on any atom is -0.442 e. The Morgan fingerprint density at radius 3 is 2.28 bits per heavy atom. The van der Waals surface area contributed by atoms with Crippen LogP contribution in [0.4, 0.5) is 32.4 Å². The Bertz CT molecular complexity index is 1130. The number of anilines is 1. The van der Waals surface area contributed by atoms with Crippen molar-refractivity contribution in [1.29, 1.82) is 0 Å². The molecule has 1 heterocycles. The number of cyclic esters (lactones) is 1. The molecule has 1 aliphatic heterocycles. The number of nitrogens with one attached hydrogen (secondary N) is 1. The summed E-state index contributed by atoms with van der Waals surface area (Å²) in [6, 6.07) is 10.9. The van der Waals surface area contributed by atoms with Crippen molar-refractivity contribution in [3.05, 3.63) is 78.2 Å². The lowest BCUT2D eigenvalue weighted by Crippen LogP contribution is -2.33. The lowest BCUT2D eigenvalue weighted by molar-refractivity contribution is -0.119. The first-order valence-corrected chi connectivity index (χ1v) is 11.0. The topological polar surface area (TPSA) is 61.9 Å². The average molecular weight is 509 g/mol. The summed E-state index contributed by atoms with van der Waals surface area (Å²) in [6.45, 7) is 1.36. The normalized spacial score (nSPS) is 15.0. The van der Waals surface area contributed by atoms with Crippen LogP contribution in [0.5, 0.6) is 0 Å². The minimum atomic E-state index is -1.90. The van der Waals surface area contributed by atoms with Gasteiger partial charge in [-0.05, 0) is 41.5 Å². The summed E-state index contributed by atoms with van der Waals surface area (Å²) >= 11 is 0. The van der Waals surface area contributed by atoms with Crippen molar-refractivity contribution in [3.8, 4) is 11.1 Å². The number of hydrogen-bond acceptors (Lipinski definition) is 4. The number of halogens is 5. The zero-order chi connectivity index (χ0) is 26.2. The Morgan fingerprint density at radius 2 is 1.72 bits per heavy atom. The van der Waals surface area contributed by atoms with Gasteiger partial charge >= 0.3 is 6.09 Å². The number of hydrogen-bond donors (Lipinski definition) is 1. The molecular formula is C25H24F5N3O3. The molecule has 1 saturated heterocycles. The highest BCUT2D eigenvalue weighted by atomic mass is 19.3. The van der Waals surface area contributed by atoms with Gasteiger partial charge in [0.25, 0.3) is 12.2 Å². The first-order chi connectivity index (χ1) is 17.1. The highest BCUT2D eigenvalue weighted by Crippen LogP contribution is 2.29. The molecule has 2 amide bonds. The smallest absolute Gasteiger partial charge is 0.414 e.